The summed E-state index contributed by atoms with van der Waals surface area (Å²) < 4.78 is 5.68. The maximum Gasteiger partial charge on any atom is 0.233 e. The Bertz CT molecular complexity index is 618. The molecule has 1 aromatic rings. The highest BCUT2D eigenvalue weighted by Gasteiger charge is 2.48. The molecule has 0 radical (unpaired) electrons. The molecule has 1 heterocycles. The first kappa shape index (κ1) is 17.0. The summed E-state index contributed by atoms with van der Waals surface area (Å²) in [6.45, 7) is 4.01. The van der Waals surface area contributed by atoms with Gasteiger partial charge in [-0.2, -0.15) is 0 Å². The maximum absolute atomic E-state index is 12.4. The van der Waals surface area contributed by atoms with Crippen LogP contribution < -0.4 is 4.74 Å². The van der Waals surface area contributed by atoms with Gasteiger partial charge in [-0.3, -0.25) is 14.5 Å². The van der Waals surface area contributed by atoms with Crippen molar-refractivity contribution in [2.24, 2.45) is 11.8 Å². The number of benzene rings is 1. The highest BCUT2D eigenvalue weighted by molar-refractivity contribution is 6.05. The van der Waals surface area contributed by atoms with Gasteiger partial charge in [-0.25, -0.2) is 0 Å². The predicted octanol–water partition coefficient (Wildman–Crippen LogP) is 2.22. The zero-order chi connectivity index (χ0) is 17.3. The molecule has 3 atom stereocenters. The van der Waals surface area contributed by atoms with Crippen LogP contribution in [0.5, 0.6) is 5.75 Å². The molecule has 2 amide bonds. The van der Waals surface area contributed by atoms with Crippen molar-refractivity contribution < 1.29 is 19.4 Å². The summed E-state index contributed by atoms with van der Waals surface area (Å²) in [5.74, 6) is 0.157. The van der Waals surface area contributed by atoms with E-state index in [4.69, 9.17) is 4.74 Å². The third-order valence-corrected chi connectivity index (χ3v) is 5.10. The largest absolute Gasteiger partial charge is 0.491 e. The fraction of sp³-hybridized carbons (Fsp3) is 0.579. The summed E-state index contributed by atoms with van der Waals surface area (Å²) in [6, 6.07) is 5.89. The van der Waals surface area contributed by atoms with Crippen molar-refractivity contribution in [3.05, 3.63) is 29.3 Å². The Morgan fingerprint density at radius 1 is 1.17 bits per heavy atom. The Morgan fingerprint density at radius 2 is 1.79 bits per heavy atom. The van der Waals surface area contributed by atoms with Crippen LogP contribution in [0.1, 0.15) is 36.8 Å². The van der Waals surface area contributed by atoms with Crippen LogP contribution in [-0.2, 0) is 9.59 Å². The minimum absolute atomic E-state index is 0.0233. The van der Waals surface area contributed by atoms with Gasteiger partial charge in [-0.05, 0) is 43.9 Å². The standard InChI is InChI=1S/C19H25NO4/c1-12-7-8-13(2)17(9-12)24-11-14(21)10-20-18(22)15-5-3-4-6-16(15)19(20)23/h7-9,14-16,21H,3-6,10-11H2,1-2H3. The van der Waals surface area contributed by atoms with Gasteiger partial charge in [0.2, 0.25) is 11.8 Å². The van der Waals surface area contributed by atoms with Crippen molar-refractivity contribution in [1.29, 1.82) is 0 Å². The molecule has 3 unspecified atom stereocenters. The first-order chi connectivity index (χ1) is 11.5. The van der Waals surface area contributed by atoms with Crippen LogP contribution in [0.4, 0.5) is 0 Å². The number of hydrogen-bond acceptors (Lipinski definition) is 4. The molecule has 1 aromatic carbocycles. The fourth-order valence-electron chi connectivity index (χ4n) is 3.72. The Hall–Kier alpha value is -1.88. The van der Waals surface area contributed by atoms with Crippen molar-refractivity contribution in [1.82, 2.24) is 4.90 Å². The van der Waals surface area contributed by atoms with E-state index < -0.39 is 6.10 Å². The molecular formula is C19H25NO4. The molecule has 0 aromatic heterocycles. The highest BCUT2D eigenvalue weighted by atomic mass is 16.5. The van der Waals surface area contributed by atoms with Crippen molar-refractivity contribution in [2.75, 3.05) is 13.2 Å². The quantitative estimate of drug-likeness (QED) is 0.840. The summed E-state index contributed by atoms with van der Waals surface area (Å²) in [5.41, 5.74) is 2.08. The topological polar surface area (TPSA) is 66.8 Å². The van der Waals surface area contributed by atoms with Gasteiger partial charge < -0.3 is 9.84 Å². The second-order valence-corrected chi connectivity index (χ2v) is 7.02. The van der Waals surface area contributed by atoms with E-state index in [1.165, 1.54) is 4.90 Å². The molecular weight excluding hydrogens is 306 g/mol. The third-order valence-electron chi connectivity index (χ3n) is 5.10. The van der Waals surface area contributed by atoms with Crippen LogP contribution in [0, 0.1) is 25.7 Å². The first-order valence-corrected chi connectivity index (χ1v) is 8.70. The minimum Gasteiger partial charge on any atom is -0.491 e. The number of ether oxygens (including phenoxy) is 1. The second kappa shape index (κ2) is 6.93. The number of aliphatic hydroxyl groups is 1. The van der Waals surface area contributed by atoms with E-state index in [0.717, 1.165) is 42.6 Å². The lowest BCUT2D eigenvalue weighted by molar-refractivity contribution is -0.141. The molecule has 0 spiro atoms. The molecule has 1 saturated carbocycles. The molecule has 2 aliphatic rings. The number of carbonyl (C=O) groups excluding carboxylic acids is 2. The number of rotatable bonds is 5. The van der Waals surface area contributed by atoms with E-state index >= 15 is 0 Å². The van der Waals surface area contributed by atoms with Gasteiger partial charge in [0.1, 0.15) is 18.5 Å². The number of hydrogen-bond donors (Lipinski definition) is 1. The van der Waals surface area contributed by atoms with Gasteiger partial charge in [-0.15, -0.1) is 0 Å². The molecule has 1 saturated heterocycles. The molecule has 1 aliphatic heterocycles. The van der Waals surface area contributed by atoms with E-state index in [2.05, 4.69) is 0 Å². The molecule has 24 heavy (non-hydrogen) atoms. The van der Waals surface area contributed by atoms with E-state index in [0.29, 0.717) is 0 Å². The Labute approximate surface area is 142 Å². The smallest absolute Gasteiger partial charge is 0.233 e. The first-order valence-electron chi connectivity index (χ1n) is 8.70. The van der Waals surface area contributed by atoms with Gasteiger partial charge >= 0.3 is 0 Å². The van der Waals surface area contributed by atoms with Crippen molar-refractivity contribution in [3.8, 4) is 5.75 Å². The average molecular weight is 331 g/mol. The molecule has 2 fully saturated rings. The maximum atomic E-state index is 12.4. The summed E-state index contributed by atoms with van der Waals surface area (Å²) in [5, 5.41) is 10.2. The van der Waals surface area contributed by atoms with Crippen LogP contribution in [0.15, 0.2) is 18.2 Å². The molecule has 1 aliphatic carbocycles. The number of aliphatic hydroxyl groups excluding tert-OH is 1. The molecule has 5 heteroatoms. The lowest BCUT2D eigenvalue weighted by Crippen LogP contribution is -2.40. The number of fused-ring (bicyclic) bond motifs is 1. The van der Waals surface area contributed by atoms with Crippen molar-refractivity contribution in [2.45, 2.75) is 45.6 Å². The zero-order valence-electron chi connectivity index (χ0n) is 14.3. The summed E-state index contributed by atoms with van der Waals surface area (Å²) in [4.78, 5) is 26.1. The highest BCUT2D eigenvalue weighted by Crippen LogP contribution is 2.38. The molecule has 5 nitrogen and oxygen atoms in total. The van der Waals surface area contributed by atoms with Gasteiger partial charge in [0.05, 0.1) is 18.4 Å². The molecule has 0 bridgehead atoms. The fourth-order valence-corrected chi connectivity index (χ4v) is 3.72. The SMILES string of the molecule is Cc1ccc(C)c(OCC(O)CN2C(=O)C3CCCCC3C2=O)c1. The van der Waals surface area contributed by atoms with Crippen molar-refractivity contribution >= 4 is 11.8 Å². The Balaban J connectivity index is 1.58. The number of β-amino-alcohol motifs (C(OH)–C–C–N with tert-alkyl or cyclic N) is 1. The predicted molar refractivity (Wildman–Crippen MR) is 89.6 cm³/mol. The molecule has 130 valence electrons. The van der Waals surface area contributed by atoms with E-state index in [9.17, 15) is 14.7 Å². The Morgan fingerprint density at radius 3 is 2.42 bits per heavy atom. The molecule has 3 rings (SSSR count). The van der Waals surface area contributed by atoms with Crippen LogP contribution in [0.2, 0.25) is 0 Å². The van der Waals surface area contributed by atoms with E-state index in [1.54, 1.807) is 0 Å². The average Bonchev–Trinajstić information content (AvgIpc) is 2.81. The molecule has 1 N–H and O–H groups in total. The number of amides is 2. The normalized spacial score (nSPS) is 24.9. The number of likely N-dealkylation sites (tertiary alicyclic amines) is 1. The van der Waals surface area contributed by atoms with Gasteiger partial charge in [0.25, 0.3) is 0 Å². The van der Waals surface area contributed by atoms with Crippen LogP contribution in [-0.4, -0.2) is 41.1 Å². The van der Waals surface area contributed by atoms with Gasteiger partial charge in [0, 0.05) is 0 Å². The lowest BCUT2D eigenvalue weighted by Gasteiger charge is -2.20. The third kappa shape index (κ3) is 3.31. The Kier molecular flexibility index (Phi) is 4.90. The summed E-state index contributed by atoms with van der Waals surface area (Å²) in [7, 11) is 0. The second-order valence-electron chi connectivity index (χ2n) is 7.02. The summed E-state index contributed by atoms with van der Waals surface area (Å²) in [6.07, 6.45) is 2.72. The number of imide groups is 1. The van der Waals surface area contributed by atoms with Crippen LogP contribution in [0.3, 0.4) is 0 Å². The van der Waals surface area contributed by atoms with Crippen LogP contribution >= 0.6 is 0 Å². The van der Waals surface area contributed by atoms with Gasteiger partial charge in [0.15, 0.2) is 0 Å². The number of nitrogens with zero attached hydrogens (tertiary/aromatic N) is 1. The van der Waals surface area contributed by atoms with E-state index in [-0.39, 0.29) is 36.8 Å². The van der Waals surface area contributed by atoms with Crippen LogP contribution in [0.25, 0.3) is 0 Å². The number of carbonyl (C=O) groups is 2. The monoisotopic (exact) mass is 331 g/mol. The minimum atomic E-state index is -0.877. The summed E-state index contributed by atoms with van der Waals surface area (Å²) >= 11 is 0. The van der Waals surface area contributed by atoms with Gasteiger partial charge in [-0.1, -0.05) is 25.0 Å². The number of aryl methyl sites for hydroxylation is 2. The van der Waals surface area contributed by atoms with Crippen molar-refractivity contribution in [3.63, 3.8) is 0 Å². The lowest BCUT2D eigenvalue weighted by atomic mass is 9.81. The van der Waals surface area contributed by atoms with E-state index in [1.807, 2.05) is 32.0 Å². The zero-order valence-corrected chi connectivity index (χ0v) is 14.3.